The third-order valence-corrected chi connectivity index (χ3v) is 3.89. The van der Waals surface area contributed by atoms with Crippen molar-refractivity contribution in [1.29, 1.82) is 0 Å². The van der Waals surface area contributed by atoms with Crippen LogP contribution in [0.1, 0.15) is 27.2 Å². The largest absolute Gasteiger partial charge is 0.481 e. The Balaban J connectivity index is 2.56. The highest BCUT2D eigenvalue weighted by atomic mass is 16.4. The molecule has 0 bridgehead atoms. The highest BCUT2D eigenvalue weighted by Gasteiger charge is 2.48. The van der Waals surface area contributed by atoms with Gasteiger partial charge in [0.15, 0.2) is 0 Å². The molecule has 0 radical (unpaired) electrons. The molecule has 0 aliphatic carbocycles. The van der Waals surface area contributed by atoms with Crippen LogP contribution >= 0.6 is 0 Å². The van der Waals surface area contributed by atoms with Crippen LogP contribution in [0.25, 0.3) is 0 Å². The second kappa shape index (κ2) is 6.58. The first-order valence-corrected chi connectivity index (χ1v) is 6.86. The Labute approximate surface area is 118 Å². The van der Waals surface area contributed by atoms with E-state index in [0.717, 1.165) is 0 Å². The summed E-state index contributed by atoms with van der Waals surface area (Å²) in [5.74, 6) is -1.18. The zero-order valence-corrected chi connectivity index (χ0v) is 12.2. The van der Waals surface area contributed by atoms with Crippen molar-refractivity contribution in [2.45, 2.75) is 27.2 Å². The predicted octanol–water partition coefficient (Wildman–Crippen LogP) is 0.265. The van der Waals surface area contributed by atoms with Gasteiger partial charge in [0.05, 0.1) is 12.0 Å². The van der Waals surface area contributed by atoms with E-state index >= 15 is 0 Å². The predicted molar refractivity (Wildman–Crippen MR) is 73.2 cm³/mol. The van der Waals surface area contributed by atoms with Crippen LogP contribution in [-0.2, 0) is 9.59 Å². The Hall–Kier alpha value is -1.79. The fourth-order valence-electron chi connectivity index (χ4n) is 2.43. The van der Waals surface area contributed by atoms with Crippen molar-refractivity contribution in [1.82, 2.24) is 15.5 Å². The van der Waals surface area contributed by atoms with Crippen molar-refractivity contribution in [3.63, 3.8) is 0 Å². The zero-order chi connectivity index (χ0) is 15.3. The van der Waals surface area contributed by atoms with Crippen LogP contribution < -0.4 is 10.6 Å². The van der Waals surface area contributed by atoms with Crippen molar-refractivity contribution >= 4 is 17.9 Å². The lowest BCUT2D eigenvalue weighted by Gasteiger charge is -2.28. The van der Waals surface area contributed by atoms with E-state index in [2.05, 4.69) is 10.6 Å². The molecule has 1 aliphatic heterocycles. The fraction of sp³-hybridized carbons (Fsp3) is 0.769. The topological polar surface area (TPSA) is 98.7 Å². The van der Waals surface area contributed by atoms with E-state index < -0.39 is 11.4 Å². The number of likely N-dealkylation sites (N-methyl/N-ethyl adjacent to an activating group) is 1. The van der Waals surface area contributed by atoms with Crippen molar-refractivity contribution in [3.05, 3.63) is 0 Å². The SMILES string of the molecule is CCNC(=O)CNC(=O)N1CCC(C(=O)O)(C(C)C)C1. The highest BCUT2D eigenvalue weighted by Crippen LogP contribution is 2.38. The second-order valence-corrected chi connectivity index (χ2v) is 5.40. The Morgan fingerprint density at radius 2 is 1.95 bits per heavy atom. The number of rotatable bonds is 5. The summed E-state index contributed by atoms with van der Waals surface area (Å²) in [6.07, 6.45) is 0.439. The number of hydrogen-bond acceptors (Lipinski definition) is 3. The van der Waals surface area contributed by atoms with Gasteiger partial charge in [0.25, 0.3) is 0 Å². The summed E-state index contributed by atoms with van der Waals surface area (Å²) in [6.45, 7) is 6.49. The minimum Gasteiger partial charge on any atom is -0.481 e. The Bertz CT molecular complexity index is 397. The maximum atomic E-state index is 11.9. The number of urea groups is 1. The van der Waals surface area contributed by atoms with E-state index in [9.17, 15) is 19.5 Å². The smallest absolute Gasteiger partial charge is 0.317 e. The molecule has 7 nitrogen and oxygen atoms in total. The summed E-state index contributed by atoms with van der Waals surface area (Å²) in [4.78, 5) is 36.1. The van der Waals surface area contributed by atoms with E-state index in [1.54, 1.807) is 6.92 Å². The number of carboxylic acids is 1. The van der Waals surface area contributed by atoms with Gasteiger partial charge in [-0.05, 0) is 19.3 Å². The zero-order valence-electron chi connectivity index (χ0n) is 12.2. The van der Waals surface area contributed by atoms with E-state index in [-0.39, 0.29) is 30.9 Å². The van der Waals surface area contributed by atoms with E-state index in [4.69, 9.17) is 0 Å². The number of carboxylic acid groups (broad SMARTS) is 1. The van der Waals surface area contributed by atoms with Crippen LogP contribution in [0.3, 0.4) is 0 Å². The number of nitrogens with one attached hydrogen (secondary N) is 2. The molecule has 1 aliphatic rings. The Morgan fingerprint density at radius 3 is 2.40 bits per heavy atom. The van der Waals surface area contributed by atoms with Crippen LogP contribution in [0, 0.1) is 11.3 Å². The van der Waals surface area contributed by atoms with Crippen molar-refractivity contribution in [3.8, 4) is 0 Å². The molecule has 1 rings (SSSR count). The molecule has 7 heteroatoms. The van der Waals surface area contributed by atoms with Crippen LogP contribution in [0.2, 0.25) is 0 Å². The monoisotopic (exact) mass is 285 g/mol. The van der Waals surface area contributed by atoms with Gasteiger partial charge in [0, 0.05) is 19.6 Å². The third kappa shape index (κ3) is 3.40. The summed E-state index contributed by atoms with van der Waals surface area (Å²) in [5, 5.41) is 14.5. The number of aliphatic carboxylic acids is 1. The number of carbonyl (C=O) groups is 3. The lowest BCUT2D eigenvalue weighted by molar-refractivity contribution is -0.150. The average Bonchev–Trinajstić information content (AvgIpc) is 2.82. The van der Waals surface area contributed by atoms with E-state index in [0.29, 0.717) is 19.5 Å². The molecule has 0 aromatic carbocycles. The molecule has 114 valence electrons. The van der Waals surface area contributed by atoms with Gasteiger partial charge in [-0.15, -0.1) is 0 Å². The normalized spacial score (nSPS) is 21.9. The number of nitrogens with zero attached hydrogens (tertiary/aromatic N) is 1. The quantitative estimate of drug-likeness (QED) is 0.675. The lowest BCUT2D eigenvalue weighted by atomic mass is 9.76. The third-order valence-electron chi connectivity index (χ3n) is 3.89. The van der Waals surface area contributed by atoms with Gasteiger partial charge in [-0.25, -0.2) is 4.79 Å². The molecule has 1 fully saturated rings. The molecule has 3 amide bonds. The Morgan fingerprint density at radius 1 is 1.30 bits per heavy atom. The first-order valence-electron chi connectivity index (χ1n) is 6.86. The molecular weight excluding hydrogens is 262 g/mol. The van der Waals surface area contributed by atoms with E-state index in [1.165, 1.54) is 4.90 Å². The van der Waals surface area contributed by atoms with Gasteiger partial charge >= 0.3 is 12.0 Å². The van der Waals surface area contributed by atoms with Crippen molar-refractivity contribution in [2.75, 3.05) is 26.2 Å². The number of carbonyl (C=O) groups excluding carboxylic acids is 2. The molecule has 1 unspecified atom stereocenters. The summed E-state index contributed by atoms with van der Waals surface area (Å²) < 4.78 is 0. The molecule has 1 atom stereocenters. The Kier molecular flexibility index (Phi) is 5.35. The van der Waals surface area contributed by atoms with Crippen molar-refractivity contribution < 1.29 is 19.5 Å². The summed E-state index contributed by atoms with van der Waals surface area (Å²) in [7, 11) is 0. The highest BCUT2D eigenvalue weighted by molar-refractivity contribution is 5.85. The van der Waals surface area contributed by atoms with Gasteiger partial charge in [0.1, 0.15) is 0 Å². The fourth-order valence-corrected chi connectivity index (χ4v) is 2.43. The standard InChI is InChI=1S/C13H23N3O4/c1-4-14-10(17)7-15-12(20)16-6-5-13(8-16,9(2)3)11(18)19/h9H,4-8H2,1-3H3,(H,14,17)(H,15,20)(H,18,19). The second-order valence-electron chi connectivity index (χ2n) is 5.40. The average molecular weight is 285 g/mol. The maximum absolute atomic E-state index is 11.9. The minimum atomic E-state index is -0.886. The summed E-state index contributed by atoms with van der Waals surface area (Å²) in [6, 6.07) is -0.389. The molecular formula is C13H23N3O4. The molecule has 3 N–H and O–H groups in total. The molecule has 0 spiro atoms. The van der Waals surface area contributed by atoms with Crippen LogP contribution in [-0.4, -0.2) is 54.1 Å². The summed E-state index contributed by atoms with van der Waals surface area (Å²) >= 11 is 0. The van der Waals surface area contributed by atoms with Crippen LogP contribution in [0.4, 0.5) is 4.79 Å². The molecule has 0 aromatic rings. The van der Waals surface area contributed by atoms with Gasteiger partial charge in [-0.2, -0.15) is 0 Å². The molecule has 1 heterocycles. The van der Waals surface area contributed by atoms with E-state index in [1.807, 2.05) is 13.8 Å². The van der Waals surface area contributed by atoms with Gasteiger partial charge < -0.3 is 20.6 Å². The minimum absolute atomic E-state index is 0.0545. The molecule has 20 heavy (non-hydrogen) atoms. The number of hydrogen-bond donors (Lipinski definition) is 3. The molecule has 1 saturated heterocycles. The van der Waals surface area contributed by atoms with Crippen LogP contribution in [0.15, 0.2) is 0 Å². The van der Waals surface area contributed by atoms with Crippen molar-refractivity contribution in [2.24, 2.45) is 11.3 Å². The summed E-state index contributed by atoms with van der Waals surface area (Å²) in [5.41, 5.74) is -0.886. The number of amides is 3. The van der Waals surface area contributed by atoms with Crippen LogP contribution in [0.5, 0.6) is 0 Å². The number of likely N-dealkylation sites (tertiary alicyclic amines) is 1. The first kappa shape index (κ1) is 16.3. The van der Waals surface area contributed by atoms with Gasteiger partial charge in [-0.3, -0.25) is 9.59 Å². The maximum Gasteiger partial charge on any atom is 0.317 e. The molecule has 0 aromatic heterocycles. The lowest BCUT2D eigenvalue weighted by Crippen LogP contribution is -2.46. The van der Waals surface area contributed by atoms with Gasteiger partial charge in [0.2, 0.25) is 5.91 Å². The van der Waals surface area contributed by atoms with Gasteiger partial charge in [-0.1, -0.05) is 13.8 Å². The molecule has 0 saturated carbocycles. The first-order chi connectivity index (χ1) is 9.33.